The molecule has 10 heteroatoms. The summed E-state index contributed by atoms with van der Waals surface area (Å²) in [7, 11) is 1.44. The molecule has 0 aliphatic carbocycles. The first-order valence-electron chi connectivity index (χ1n) is 8.30. The number of nitrogen functional groups attached to an aromatic ring is 1. The van der Waals surface area contributed by atoms with Gasteiger partial charge in [0.05, 0.1) is 19.0 Å². The number of amides is 1. The van der Waals surface area contributed by atoms with Gasteiger partial charge in [-0.1, -0.05) is 0 Å². The van der Waals surface area contributed by atoms with Gasteiger partial charge in [0.2, 0.25) is 11.9 Å². The van der Waals surface area contributed by atoms with Crippen molar-refractivity contribution in [2.24, 2.45) is 0 Å². The zero-order valence-electron chi connectivity index (χ0n) is 14.8. The summed E-state index contributed by atoms with van der Waals surface area (Å²) in [4.78, 5) is 16.3. The van der Waals surface area contributed by atoms with Gasteiger partial charge in [0, 0.05) is 24.0 Å². The summed E-state index contributed by atoms with van der Waals surface area (Å²) in [5, 5.41) is 10.7. The van der Waals surface area contributed by atoms with Crippen molar-refractivity contribution in [3.8, 4) is 16.9 Å². The normalized spacial score (nSPS) is 10.9. The maximum Gasteiger partial charge on any atom is 0.246 e. The first-order valence-corrected chi connectivity index (χ1v) is 8.30. The molecule has 0 saturated heterocycles. The zero-order valence-corrected chi connectivity index (χ0v) is 14.8. The van der Waals surface area contributed by atoms with Crippen molar-refractivity contribution >= 4 is 23.2 Å². The number of hydrogen-bond donors (Lipinski definition) is 2. The van der Waals surface area contributed by atoms with E-state index in [9.17, 15) is 9.18 Å². The molecule has 0 unspecified atom stereocenters. The molecule has 0 bridgehead atoms. The summed E-state index contributed by atoms with van der Waals surface area (Å²) in [6.45, 7) is -0.0639. The summed E-state index contributed by atoms with van der Waals surface area (Å²) in [5.41, 5.74) is 7.93. The number of hydrogen-bond acceptors (Lipinski definition) is 6. The fraction of sp³-hybridized carbons (Fsp3) is 0.111. The van der Waals surface area contributed by atoms with E-state index in [-0.39, 0.29) is 18.2 Å². The van der Waals surface area contributed by atoms with Crippen LogP contribution in [0.5, 0.6) is 5.75 Å². The molecule has 0 aliphatic heterocycles. The molecule has 0 spiro atoms. The van der Waals surface area contributed by atoms with E-state index in [0.717, 1.165) is 11.1 Å². The van der Waals surface area contributed by atoms with Crippen LogP contribution in [0.2, 0.25) is 0 Å². The van der Waals surface area contributed by atoms with E-state index in [2.05, 4.69) is 20.5 Å². The van der Waals surface area contributed by atoms with Gasteiger partial charge in [0.15, 0.2) is 5.65 Å². The number of aromatic nitrogens is 5. The number of halogens is 1. The van der Waals surface area contributed by atoms with Crippen LogP contribution in [0.1, 0.15) is 0 Å². The van der Waals surface area contributed by atoms with E-state index in [0.29, 0.717) is 11.4 Å². The second-order valence-electron chi connectivity index (χ2n) is 6.01. The Balaban J connectivity index is 1.47. The molecule has 9 nitrogen and oxygen atoms in total. The summed E-state index contributed by atoms with van der Waals surface area (Å²) < 4.78 is 21.9. The third-order valence-electron chi connectivity index (χ3n) is 4.08. The van der Waals surface area contributed by atoms with Crippen molar-refractivity contribution in [1.82, 2.24) is 24.4 Å². The Hall–Kier alpha value is -3.95. The molecule has 0 fully saturated rings. The number of nitrogens with zero attached hydrogens (tertiary/aromatic N) is 5. The highest BCUT2D eigenvalue weighted by molar-refractivity contribution is 5.90. The van der Waals surface area contributed by atoms with Gasteiger partial charge in [-0.2, -0.15) is 10.1 Å². The Morgan fingerprint density at radius 3 is 2.93 bits per heavy atom. The summed E-state index contributed by atoms with van der Waals surface area (Å²) in [5.74, 6) is -0.414. The molecule has 0 aliphatic rings. The van der Waals surface area contributed by atoms with Gasteiger partial charge in [-0.3, -0.25) is 9.48 Å². The number of nitrogens with two attached hydrogens (primary N) is 1. The zero-order chi connectivity index (χ0) is 19.7. The van der Waals surface area contributed by atoms with Gasteiger partial charge in [0.25, 0.3) is 0 Å². The molecule has 142 valence electrons. The number of pyridine rings is 1. The van der Waals surface area contributed by atoms with Crippen molar-refractivity contribution in [1.29, 1.82) is 0 Å². The SMILES string of the molecule is COc1ccc(NC(=O)Cn2cc(-c3ccn4nc(N)nc4c3)cn2)c(F)c1. The monoisotopic (exact) mass is 381 g/mol. The third kappa shape index (κ3) is 3.47. The van der Waals surface area contributed by atoms with Crippen LogP contribution in [0.15, 0.2) is 48.9 Å². The van der Waals surface area contributed by atoms with Crippen molar-refractivity contribution in [2.45, 2.75) is 6.54 Å². The van der Waals surface area contributed by atoms with Crippen LogP contribution in [-0.4, -0.2) is 37.4 Å². The number of nitrogens with one attached hydrogen (secondary N) is 1. The third-order valence-corrected chi connectivity index (χ3v) is 4.08. The predicted molar refractivity (Wildman–Crippen MR) is 100 cm³/mol. The first-order chi connectivity index (χ1) is 13.5. The van der Waals surface area contributed by atoms with Crippen LogP contribution in [-0.2, 0) is 11.3 Å². The molecule has 4 aromatic rings. The topological polar surface area (TPSA) is 112 Å². The fourth-order valence-corrected chi connectivity index (χ4v) is 2.74. The van der Waals surface area contributed by atoms with Crippen LogP contribution in [0, 0.1) is 5.82 Å². The molecule has 0 atom stereocenters. The standard InChI is InChI=1S/C18H16FN7O2/c1-28-13-2-3-15(14(19)7-13)22-17(27)10-25-9-12(8-21-25)11-4-5-26-16(6-11)23-18(20)24-26/h2-9H,10H2,1H3,(H2,20,24)(H,22,27). The Morgan fingerprint density at radius 2 is 2.14 bits per heavy atom. The number of carbonyl (C=O) groups excluding carboxylic acids is 1. The second-order valence-corrected chi connectivity index (χ2v) is 6.01. The van der Waals surface area contributed by atoms with E-state index in [1.807, 2.05) is 12.1 Å². The minimum Gasteiger partial charge on any atom is -0.497 e. The fourth-order valence-electron chi connectivity index (χ4n) is 2.74. The summed E-state index contributed by atoms with van der Waals surface area (Å²) in [6.07, 6.45) is 5.09. The van der Waals surface area contributed by atoms with Gasteiger partial charge in [-0.05, 0) is 29.8 Å². The Labute approximate surface area is 158 Å². The molecule has 1 aromatic carbocycles. The van der Waals surface area contributed by atoms with Crippen LogP contribution < -0.4 is 15.8 Å². The Kier molecular flexibility index (Phi) is 4.36. The van der Waals surface area contributed by atoms with Crippen molar-refractivity contribution in [2.75, 3.05) is 18.2 Å². The first kappa shape index (κ1) is 17.5. The minimum atomic E-state index is -0.574. The van der Waals surface area contributed by atoms with Crippen LogP contribution in [0.25, 0.3) is 16.8 Å². The highest BCUT2D eigenvalue weighted by atomic mass is 19.1. The number of rotatable bonds is 5. The molecule has 1 amide bonds. The lowest BCUT2D eigenvalue weighted by Gasteiger charge is -2.08. The predicted octanol–water partition coefficient (Wildman–Crippen LogP) is 1.96. The summed E-state index contributed by atoms with van der Waals surface area (Å²) >= 11 is 0. The van der Waals surface area contributed by atoms with E-state index < -0.39 is 11.7 Å². The average Bonchev–Trinajstić information content (AvgIpc) is 3.28. The Morgan fingerprint density at radius 1 is 1.29 bits per heavy atom. The van der Waals surface area contributed by atoms with Gasteiger partial charge >= 0.3 is 0 Å². The highest BCUT2D eigenvalue weighted by Gasteiger charge is 2.11. The van der Waals surface area contributed by atoms with Crippen LogP contribution in [0.3, 0.4) is 0 Å². The second kappa shape index (κ2) is 6.99. The number of anilines is 2. The van der Waals surface area contributed by atoms with Crippen LogP contribution in [0.4, 0.5) is 16.0 Å². The minimum absolute atomic E-state index is 0.0639. The molecular weight excluding hydrogens is 365 g/mol. The number of methoxy groups -OCH3 is 1. The van der Waals surface area contributed by atoms with E-state index in [1.165, 1.54) is 23.9 Å². The lowest BCUT2D eigenvalue weighted by molar-refractivity contribution is -0.116. The number of ether oxygens (including phenoxy) is 1. The lowest BCUT2D eigenvalue weighted by atomic mass is 10.1. The van der Waals surface area contributed by atoms with Crippen molar-refractivity contribution in [3.05, 3.63) is 54.7 Å². The van der Waals surface area contributed by atoms with Crippen LogP contribution >= 0.6 is 0 Å². The van der Waals surface area contributed by atoms with Crippen molar-refractivity contribution < 1.29 is 13.9 Å². The molecule has 0 radical (unpaired) electrons. The molecule has 0 saturated carbocycles. The molecule has 28 heavy (non-hydrogen) atoms. The van der Waals surface area contributed by atoms with E-state index in [4.69, 9.17) is 10.5 Å². The number of benzene rings is 1. The van der Waals surface area contributed by atoms with Gasteiger partial charge in [0.1, 0.15) is 18.1 Å². The summed E-state index contributed by atoms with van der Waals surface area (Å²) in [6, 6.07) is 7.87. The maximum absolute atomic E-state index is 14.0. The molecule has 4 rings (SSSR count). The molecule has 3 N–H and O–H groups in total. The van der Waals surface area contributed by atoms with Gasteiger partial charge in [-0.15, -0.1) is 5.10 Å². The molecule has 3 heterocycles. The van der Waals surface area contributed by atoms with Gasteiger partial charge in [-0.25, -0.2) is 8.91 Å². The Bertz CT molecular complexity index is 1170. The largest absolute Gasteiger partial charge is 0.497 e. The van der Waals surface area contributed by atoms with Gasteiger partial charge < -0.3 is 15.8 Å². The number of fused-ring (bicyclic) bond motifs is 1. The van der Waals surface area contributed by atoms with Crippen molar-refractivity contribution in [3.63, 3.8) is 0 Å². The van der Waals surface area contributed by atoms with E-state index in [1.54, 1.807) is 29.2 Å². The van der Waals surface area contributed by atoms with E-state index >= 15 is 0 Å². The number of carbonyl (C=O) groups is 1. The maximum atomic E-state index is 14.0. The lowest BCUT2D eigenvalue weighted by Crippen LogP contribution is -2.19. The average molecular weight is 381 g/mol. The smallest absolute Gasteiger partial charge is 0.246 e. The molecular formula is C18H16FN7O2. The highest BCUT2D eigenvalue weighted by Crippen LogP contribution is 2.21. The quantitative estimate of drug-likeness (QED) is 0.546. The molecule has 3 aromatic heterocycles.